The number of hydrogen-bond acceptors (Lipinski definition) is 3. The van der Waals surface area contributed by atoms with Crippen LogP contribution in [0.15, 0.2) is 24.5 Å². The number of rotatable bonds is 5. The Morgan fingerprint density at radius 3 is 3.00 bits per heavy atom. The van der Waals surface area contributed by atoms with Crippen LogP contribution in [0.25, 0.3) is 5.65 Å². The minimum absolute atomic E-state index is 0.605. The fourth-order valence-corrected chi connectivity index (χ4v) is 3.71. The van der Waals surface area contributed by atoms with Gasteiger partial charge in [-0.25, -0.2) is 4.98 Å². The van der Waals surface area contributed by atoms with Crippen LogP contribution in [0.5, 0.6) is 0 Å². The van der Waals surface area contributed by atoms with Crippen molar-refractivity contribution in [3.8, 4) is 0 Å². The van der Waals surface area contributed by atoms with Crippen LogP contribution in [0.2, 0.25) is 5.02 Å². The van der Waals surface area contributed by atoms with Gasteiger partial charge in [0.05, 0.1) is 10.7 Å². The van der Waals surface area contributed by atoms with Crippen molar-refractivity contribution >= 4 is 17.2 Å². The first-order chi connectivity index (χ1) is 10.2. The fourth-order valence-electron chi connectivity index (χ4n) is 3.54. The van der Waals surface area contributed by atoms with Gasteiger partial charge in [-0.3, -0.25) is 4.90 Å². The van der Waals surface area contributed by atoms with Gasteiger partial charge in [0.25, 0.3) is 0 Å². The molecule has 1 fully saturated rings. The van der Waals surface area contributed by atoms with Crippen LogP contribution in [-0.4, -0.2) is 33.4 Å². The smallest absolute Gasteiger partial charge is 0.137 e. The quantitative estimate of drug-likeness (QED) is 0.924. The van der Waals surface area contributed by atoms with Gasteiger partial charge in [0.15, 0.2) is 0 Å². The second kappa shape index (κ2) is 6.34. The molecule has 0 aromatic carbocycles. The Morgan fingerprint density at radius 2 is 2.24 bits per heavy atom. The summed E-state index contributed by atoms with van der Waals surface area (Å²) >= 11 is 6.03. The number of nitrogens with two attached hydrogens (primary N) is 1. The predicted octanol–water partition coefficient (Wildman–Crippen LogP) is 2.94. The SMILES string of the molecule is CCN(Cc1cn2cc(Cl)ccc2n1)C1CCCC1CN. The lowest BCUT2D eigenvalue weighted by molar-refractivity contribution is 0.160. The van der Waals surface area contributed by atoms with Crippen LogP contribution < -0.4 is 5.73 Å². The van der Waals surface area contributed by atoms with E-state index in [4.69, 9.17) is 22.3 Å². The topological polar surface area (TPSA) is 46.6 Å². The lowest BCUT2D eigenvalue weighted by atomic mass is 10.0. The molecule has 0 bridgehead atoms. The van der Waals surface area contributed by atoms with Crippen molar-refractivity contribution in [3.63, 3.8) is 0 Å². The Hall–Kier alpha value is -1.10. The van der Waals surface area contributed by atoms with E-state index in [0.29, 0.717) is 12.0 Å². The molecule has 2 atom stereocenters. The average Bonchev–Trinajstić information content (AvgIpc) is 3.09. The number of hydrogen-bond donors (Lipinski definition) is 1. The minimum atomic E-state index is 0.605. The maximum absolute atomic E-state index is 6.03. The van der Waals surface area contributed by atoms with Gasteiger partial charge in [0, 0.05) is 25.0 Å². The van der Waals surface area contributed by atoms with Crippen molar-refractivity contribution in [2.24, 2.45) is 11.7 Å². The molecule has 4 nitrogen and oxygen atoms in total. The molecule has 3 rings (SSSR count). The van der Waals surface area contributed by atoms with Gasteiger partial charge in [-0.15, -0.1) is 0 Å². The first-order valence-electron chi connectivity index (χ1n) is 7.78. The summed E-state index contributed by atoms with van der Waals surface area (Å²) in [6.45, 7) is 4.94. The summed E-state index contributed by atoms with van der Waals surface area (Å²) in [5.41, 5.74) is 7.98. The number of halogens is 1. The van der Waals surface area contributed by atoms with Crippen LogP contribution in [-0.2, 0) is 6.54 Å². The number of aromatic nitrogens is 2. The van der Waals surface area contributed by atoms with Gasteiger partial charge < -0.3 is 10.1 Å². The Bertz CT molecular complexity index is 609. The highest BCUT2D eigenvalue weighted by Crippen LogP contribution is 2.30. The number of pyridine rings is 1. The molecule has 0 radical (unpaired) electrons. The molecule has 2 unspecified atom stereocenters. The van der Waals surface area contributed by atoms with Crippen LogP contribution in [0, 0.1) is 5.92 Å². The molecular formula is C16H23ClN4. The normalized spacial score (nSPS) is 22.5. The van der Waals surface area contributed by atoms with Crippen LogP contribution in [0.4, 0.5) is 0 Å². The maximum Gasteiger partial charge on any atom is 0.137 e. The number of imidazole rings is 1. The summed E-state index contributed by atoms with van der Waals surface area (Å²) in [5.74, 6) is 0.636. The summed E-state index contributed by atoms with van der Waals surface area (Å²) in [4.78, 5) is 7.22. The minimum Gasteiger partial charge on any atom is -0.330 e. The Labute approximate surface area is 130 Å². The van der Waals surface area contributed by atoms with E-state index >= 15 is 0 Å². The molecule has 1 aliphatic rings. The third kappa shape index (κ3) is 3.07. The Morgan fingerprint density at radius 1 is 1.38 bits per heavy atom. The zero-order valence-corrected chi connectivity index (χ0v) is 13.3. The molecular weight excluding hydrogens is 284 g/mol. The van der Waals surface area contributed by atoms with E-state index in [0.717, 1.165) is 36.0 Å². The van der Waals surface area contributed by atoms with Gasteiger partial charge in [0.2, 0.25) is 0 Å². The zero-order valence-electron chi connectivity index (χ0n) is 12.5. The second-order valence-electron chi connectivity index (χ2n) is 5.90. The maximum atomic E-state index is 6.03. The standard InChI is InChI=1S/C16H23ClN4/c1-2-20(15-5-3-4-12(15)8-18)10-14-11-21-9-13(17)6-7-16(21)19-14/h6-7,9,11-12,15H,2-5,8,10,18H2,1H3. The first kappa shape index (κ1) is 14.8. The van der Waals surface area contributed by atoms with Gasteiger partial charge in [-0.05, 0) is 44.0 Å². The molecule has 0 saturated heterocycles. The molecule has 1 saturated carbocycles. The Kier molecular flexibility index (Phi) is 4.48. The molecule has 0 aliphatic heterocycles. The van der Waals surface area contributed by atoms with Crippen molar-refractivity contribution in [2.75, 3.05) is 13.1 Å². The molecule has 2 heterocycles. The van der Waals surface area contributed by atoms with E-state index in [-0.39, 0.29) is 0 Å². The molecule has 2 aromatic heterocycles. The predicted molar refractivity (Wildman–Crippen MR) is 86.5 cm³/mol. The van der Waals surface area contributed by atoms with Crippen molar-refractivity contribution < 1.29 is 0 Å². The summed E-state index contributed by atoms with van der Waals surface area (Å²) in [7, 11) is 0. The van der Waals surface area contributed by atoms with Crippen molar-refractivity contribution in [3.05, 3.63) is 35.2 Å². The van der Waals surface area contributed by atoms with E-state index in [1.165, 1.54) is 19.3 Å². The van der Waals surface area contributed by atoms with Crippen molar-refractivity contribution in [2.45, 2.75) is 38.8 Å². The molecule has 114 valence electrons. The van der Waals surface area contributed by atoms with Crippen LogP contribution in [0.1, 0.15) is 31.9 Å². The molecule has 5 heteroatoms. The molecule has 21 heavy (non-hydrogen) atoms. The second-order valence-corrected chi connectivity index (χ2v) is 6.34. The highest BCUT2D eigenvalue weighted by Gasteiger charge is 2.30. The lowest BCUT2D eigenvalue weighted by Crippen LogP contribution is -2.39. The van der Waals surface area contributed by atoms with Crippen molar-refractivity contribution in [1.82, 2.24) is 14.3 Å². The molecule has 0 spiro atoms. The summed E-state index contributed by atoms with van der Waals surface area (Å²) < 4.78 is 2.00. The molecule has 2 N–H and O–H groups in total. The summed E-state index contributed by atoms with van der Waals surface area (Å²) in [5, 5.41) is 0.734. The summed E-state index contributed by atoms with van der Waals surface area (Å²) in [6, 6.07) is 4.45. The third-order valence-electron chi connectivity index (χ3n) is 4.63. The van der Waals surface area contributed by atoms with E-state index in [1.54, 1.807) is 0 Å². The lowest BCUT2D eigenvalue weighted by Gasteiger charge is -2.31. The molecule has 1 aliphatic carbocycles. The highest BCUT2D eigenvalue weighted by atomic mass is 35.5. The summed E-state index contributed by atoms with van der Waals surface area (Å²) in [6.07, 6.45) is 7.80. The molecule has 0 amide bonds. The van der Waals surface area contributed by atoms with Gasteiger partial charge in [-0.2, -0.15) is 0 Å². The zero-order chi connectivity index (χ0) is 14.8. The third-order valence-corrected chi connectivity index (χ3v) is 4.85. The van der Waals surface area contributed by atoms with E-state index in [1.807, 2.05) is 22.7 Å². The van der Waals surface area contributed by atoms with E-state index in [9.17, 15) is 0 Å². The van der Waals surface area contributed by atoms with Crippen molar-refractivity contribution in [1.29, 1.82) is 0 Å². The number of fused-ring (bicyclic) bond motifs is 1. The van der Waals surface area contributed by atoms with Gasteiger partial charge in [0.1, 0.15) is 5.65 Å². The highest BCUT2D eigenvalue weighted by molar-refractivity contribution is 6.30. The fraction of sp³-hybridized carbons (Fsp3) is 0.562. The van der Waals surface area contributed by atoms with Gasteiger partial charge >= 0.3 is 0 Å². The monoisotopic (exact) mass is 306 g/mol. The van der Waals surface area contributed by atoms with E-state index < -0.39 is 0 Å². The van der Waals surface area contributed by atoms with Crippen LogP contribution >= 0.6 is 11.6 Å². The average molecular weight is 307 g/mol. The molecule has 2 aromatic rings. The van der Waals surface area contributed by atoms with Crippen LogP contribution in [0.3, 0.4) is 0 Å². The Balaban J connectivity index is 1.78. The first-order valence-corrected chi connectivity index (χ1v) is 8.16. The number of nitrogens with zero attached hydrogens (tertiary/aromatic N) is 3. The van der Waals surface area contributed by atoms with E-state index in [2.05, 4.69) is 18.0 Å². The van der Waals surface area contributed by atoms with Gasteiger partial charge in [-0.1, -0.05) is 24.9 Å². The largest absolute Gasteiger partial charge is 0.330 e.